The molecule has 2 rings (SSSR count). The van der Waals surface area contributed by atoms with Crippen LogP contribution in [0, 0.1) is 0 Å². The lowest BCUT2D eigenvalue weighted by atomic mass is 9.85. The van der Waals surface area contributed by atoms with Crippen molar-refractivity contribution in [2.45, 2.75) is 19.3 Å². The largest absolute Gasteiger partial charge is 0.314 e. The molecule has 1 fully saturated rings. The maximum absolute atomic E-state index is 3.60. The Bertz CT molecular complexity index is 400. The summed E-state index contributed by atoms with van der Waals surface area (Å²) in [6.45, 7) is 11.1. The third-order valence-electron chi connectivity index (χ3n) is 3.72. The number of halogens is 1. The molecule has 106 valence electrons. The van der Waals surface area contributed by atoms with Crippen LogP contribution in [0.3, 0.4) is 0 Å². The van der Waals surface area contributed by atoms with E-state index in [1.807, 2.05) is 0 Å². The highest BCUT2D eigenvalue weighted by atomic mass is 79.9. The zero-order valence-corrected chi connectivity index (χ0v) is 13.5. The normalized spacial score (nSPS) is 17.6. The number of piperazine rings is 1. The van der Waals surface area contributed by atoms with E-state index >= 15 is 0 Å². The van der Waals surface area contributed by atoms with Crippen molar-refractivity contribution in [1.82, 2.24) is 15.5 Å². The Morgan fingerprint density at radius 1 is 1.32 bits per heavy atom. The second-order valence-electron chi connectivity index (χ2n) is 5.85. The molecule has 19 heavy (non-hydrogen) atoms. The van der Waals surface area contributed by atoms with Crippen LogP contribution < -0.4 is 10.6 Å². The van der Waals surface area contributed by atoms with Crippen LogP contribution in [0.1, 0.15) is 19.4 Å². The topological polar surface area (TPSA) is 27.3 Å². The van der Waals surface area contributed by atoms with Crippen LogP contribution in [-0.4, -0.2) is 44.3 Å². The van der Waals surface area contributed by atoms with Crippen LogP contribution in [0.25, 0.3) is 0 Å². The summed E-state index contributed by atoms with van der Waals surface area (Å²) in [6, 6.07) is 8.61. The summed E-state index contributed by atoms with van der Waals surface area (Å²) >= 11 is 3.55. The highest BCUT2D eigenvalue weighted by Gasteiger charge is 2.20. The van der Waals surface area contributed by atoms with Gasteiger partial charge in [-0.25, -0.2) is 0 Å². The lowest BCUT2D eigenvalue weighted by Gasteiger charge is -2.31. The van der Waals surface area contributed by atoms with E-state index in [2.05, 4.69) is 69.6 Å². The molecule has 1 aliphatic rings. The molecule has 1 aromatic carbocycles. The lowest BCUT2D eigenvalue weighted by molar-refractivity contribution is 0.218. The van der Waals surface area contributed by atoms with Crippen LogP contribution in [0.4, 0.5) is 0 Å². The molecule has 0 spiro atoms. The molecular formula is C15H24BrN3. The summed E-state index contributed by atoms with van der Waals surface area (Å²) in [5.41, 5.74) is 1.52. The van der Waals surface area contributed by atoms with Crippen molar-refractivity contribution in [1.29, 1.82) is 0 Å². The summed E-state index contributed by atoms with van der Waals surface area (Å²) < 4.78 is 1.15. The first-order chi connectivity index (χ1) is 9.08. The number of benzene rings is 1. The minimum absolute atomic E-state index is 0.151. The van der Waals surface area contributed by atoms with Gasteiger partial charge in [0.15, 0.2) is 0 Å². The Morgan fingerprint density at radius 2 is 2.05 bits per heavy atom. The van der Waals surface area contributed by atoms with Gasteiger partial charge in [-0.3, -0.25) is 4.90 Å². The molecule has 0 bridgehead atoms. The average Bonchev–Trinajstić information content (AvgIpc) is 2.40. The van der Waals surface area contributed by atoms with Crippen LogP contribution in [0.2, 0.25) is 0 Å². The van der Waals surface area contributed by atoms with Crippen molar-refractivity contribution in [3.63, 3.8) is 0 Å². The molecule has 0 saturated carbocycles. The number of hydrogen-bond acceptors (Lipinski definition) is 3. The fourth-order valence-corrected chi connectivity index (χ4v) is 2.81. The predicted octanol–water partition coefficient (Wildman–Crippen LogP) is 2.18. The van der Waals surface area contributed by atoms with Crippen molar-refractivity contribution in [3.05, 3.63) is 34.3 Å². The second kappa shape index (κ2) is 6.84. The van der Waals surface area contributed by atoms with Gasteiger partial charge >= 0.3 is 0 Å². The van der Waals surface area contributed by atoms with E-state index in [0.717, 1.165) is 43.9 Å². The zero-order valence-electron chi connectivity index (χ0n) is 11.9. The van der Waals surface area contributed by atoms with Gasteiger partial charge in [0.2, 0.25) is 0 Å². The van der Waals surface area contributed by atoms with Gasteiger partial charge in [-0.15, -0.1) is 0 Å². The number of hydrogen-bond donors (Lipinski definition) is 2. The second-order valence-corrected chi connectivity index (χ2v) is 6.76. The van der Waals surface area contributed by atoms with Crippen LogP contribution in [0.15, 0.2) is 28.7 Å². The van der Waals surface area contributed by atoms with Gasteiger partial charge in [0.05, 0.1) is 0 Å². The first-order valence-corrected chi connectivity index (χ1v) is 7.77. The van der Waals surface area contributed by atoms with Gasteiger partial charge < -0.3 is 10.6 Å². The Morgan fingerprint density at radius 3 is 2.74 bits per heavy atom. The van der Waals surface area contributed by atoms with Gasteiger partial charge in [0, 0.05) is 49.3 Å². The van der Waals surface area contributed by atoms with E-state index in [4.69, 9.17) is 0 Å². The van der Waals surface area contributed by atoms with E-state index in [1.54, 1.807) is 0 Å². The zero-order chi connectivity index (χ0) is 13.7. The van der Waals surface area contributed by atoms with E-state index in [1.165, 1.54) is 5.56 Å². The summed E-state index contributed by atoms with van der Waals surface area (Å²) in [7, 11) is 0. The molecule has 2 N–H and O–H groups in total. The van der Waals surface area contributed by atoms with Crippen molar-refractivity contribution in [2.75, 3.05) is 39.4 Å². The number of nitrogens with zero attached hydrogens (tertiary/aromatic N) is 1. The van der Waals surface area contributed by atoms with Crippen molar-refractivity contribution in [3.8, 4) is 0 Å². The first-order valence-electron chi connectivity index (χ1n) is 6.98. The Labute approximate surface area is 124 Å². The quantitative estimate of drug-likeness (QED) is 0.868. The molecule has 0 aliphatic carbocycles. The minimum Gasteiger partial charge on any atom is -0.314 e. The van der Waals surface area contributed by atoms with Crippen LogP contribution >= 0.6 is 15.9 Å². The highest BCUT2D eigenvalue weighted by Crippen LogP contribution is 2.24. The standard InChI is InChI=1S/C15H24BrN3/c1-15(2,13-4-3-5-14(16)10-13)11-18-12-19-8-6-17-7-9-19/h3-5,10,17-18H,6-9,11-12H2,1-2H3. The predicted molar refractivity (Wildman–Crippen MR) is 84.5 cm³/mol. The lowest BCUT2D eigenvalue weighted by Crippen LogP contribution is -2.48. The maximum Gasteiger partial charge on any atom is 0.0481 e. The summed E-state index contributed by atoms with van der Waals surface area (Å²) in [5.74, 6) is 0. The van der Waals surface area contributed by atoms with Gasteiger partial charge in [0.1, 0.15) is 0 Å². The van der Waals surface area contributed by atoms with E-state index in [9.17, 15) is 0 Å². The van der Waals surface area contributed by atoms with Crippen molar-refractivity contribution >= 4 is 15.9 Å². The van der Waals surface area contributed by atoms with Gasteiger partial charge in [-0.2, -0.15) is 0 Å². The maximum atomic E-state index is 3.60. The fourth-order valence-electron chi connectivity index (χ4n) is 2.41. The Balaban J connectivity index is 1.83. The molecule has 1 heterocycles. The molecule has 0 aromatic heterocycles. The smallest absolute Gasteiger partial charge is 0.0481 e. The molecule has 1 aliphatic heterocycles. The van der Waals surface area contributed by atoms with Crippen LogP contribution in [0.5, 0.6) is 0 Å². The monoisotopic (exact) mass is 325 g/mol. The highest BCUT2D eigenvalue weighted by molar-refractivity contribution is 9.10. The minimum atomic E-state index is 0.151. The number of nitrogens with one attached hydrogen (secondary N) is 2. The molecule has 3 nitrogen and oxygen atoms in total. The molecule has 0 atom stereocenters. The average molecular weight is 326 g/mol. The van der Waals surface area contributed by atoms with E-state index in [0.29, 0.717) is 0 Å². The van der Waals surface area contributed by atoms with Gasteiger partial charge in [0.25, 0.3) is 0 Å². The van der Waals surface area contributed by atoms with Gasteiger partial charge in [-0.1, -0.05) is 41.9 Å². The van der Waals surface area contributed by atoms with E-state index in [-0.39, 0.29) is 5.41 Å². The van der Waals surface area contributed by atoms with Crippen molar-refractivity contribution < 1.29 is 0 Å². The third kappa shape index (κ3) is 4.56. The molecule has 1 aromatic rings. The fraction of sp³-hybridized carbons (Fsp3) is 0.600. The summed E-state index contributed by atoms with van der Waals surface area (Å²) in [5, 5.41) is 6.97. The summed E-state index contributed by atoms with van der Waals surface area (Å²) in [6.07, 6.45) is 0. The molecule has 0 amide bonds. The molecular weight excluding hydrogens is 302 g/mol. The third-order valence-corrected chi connectivity index (χ3v) is 4.21. The summed E-state index contributed by atoms with van der Waals surface area (Å²) in [4.78, 5) is 2.47. The van der Waals surface area contributed by atoms with Crippen molar-refractivity contribution in [2.24, 2.45) is 0 Å². The molecule has 0 radical (unpaired) electrons. The first kappa shape index (κ1) is 15.0. The molecule has 1 saturated heterocycles. The Hall–Kier alpha value is -0.420. The number of rotatable bonds is 5. The molecule has 0 unspecified atom stereocenters. The molecule has 4 heteroatoms. The van der Waals surface area contributed by atoms with E-state index < -0.39 is 0 Å². The SMILES string of the molecule is CC(C)(CNCN1CCNCC1)c1cccc(Br)c1. The van der Waals surface area contributed by atoms with Gasteiger partial charge in [-0.05, 0) is 17.7 Å². The van der Waals surface area contributed by atoms with Crippen LogP contribution in [-0.2, 0) is 5.41 Å². The Kier molecular flexibility index (Phi) is 5.39.